The first kappa shape index (κ1) is 18.2. The van der Waals surface area contributed by atoms with Crippen molar-refractivity contribution < 1.29 is 14.0 Å². The molecule has 1 heterocycles. The summed E-state index contributed by atoms with van der Waals surface area (Å²) in [5.41, 5.74) is 5.74. The molecule has 1 aromatic rings. The van der Waals surface area contributed by atoms with Crippen molar-refractivity contribution in [3.05, 3.63) is 27.1 Å². The number of nitro groups is 1. The first-order valence-corrected chi connectivity index (χ1v) is 10.2. The van der Waals surface area contributed by atoms with Crippen LogP contribution in [0.4, 0.5) is 5.00 Å². The van der Waals surface area contributed by atoms with E-state index in [0.717, 1.165) is 11.3 Å². The number of alkyl halides is 2. The Bertz CT molecular complexity index is 495. The van der Waals surface area contributed by atoms with Gasteiger partial charge in [0.25, 0.3) is 0 Å². The third-order valence-corrected chi connectivity index (χ3v) is 5.71. The number of thiophene rings is 1. The van der Waals surface area contributed by atoms with Crippen molar-refractivity contribution in [2.24, 2.45) is 5.50 Å². The van der Waals surface area contributed by atoms with E-state index in [9.17, 15) is 14.7 Å². The summed E-state index contributed by atoms with van der Waals surface area (Å²) in [5.74, 6) is 0. The molecular weight excluding hydrogens is 437 g/mol. The predicted octanol–water partition coefficient (Wildman–Crippen LogP) is 3.33. The molecule has 0 fully saturated rings. The average molecular weight is 451 g/mol. The van der Waals surface area contributed by atoms with Gasteiger partial charge in [0.2, 0.25) is 0 Å². The highest BCUT2D eigenvalue weighted by molar-refractivity contribution is 9.09. The molecule has 0 aromatic carbocycles. The highest BCUT2D eigenvalue weighted by Gasteiger charge is 2.26. The zero-order chi connectivity index (χ0) is 15.2. The van der Waals surface area contributed by atoms with Crippen LogP contribution >= 0.6 is 50.9 Å². The van der Waals surface area contributed by atoms with Gasteiger partial charge in [-0.05, 0) is 6.07 Å². The fourth-order valence-electron chi connectivity index (χ4n) is 1.37. The standard InChI is InChI=1S/C9H14Br2N3O4PS/c10-3-5-13(6-4-11)19(12,17)18-7-8-1-2-9(20-8)14(15)16/h1-2H,3-7H2,(H2,12,17)/t19-/m0/s1. The van der Waals surface area contributed by atoms with Gasteiger partial charge in [-0.3, -0.25) is 14.7 Å². The van der Waals surface area contributed by atoms with E-state index < -0.39 is 12.6 Å². The predicted molar refractivity (Wildman–Crippen MR) is 86.7 cm³/mol. The van der Waals surface area contributed by atoms with E-state index in [-0.39, 0.29) is 11.6 Å². The Morgan fingerprint density at radius 1 is 1.40 bits per heavy atom. The summed E-state index contributed by atoms with van der Waals surface area (Å²) in [6.07, 6.45) is 0. The molecule has 0 bridgehead atoms. The lowest BCUT2D eigenvalue weighted by atomic mass is 10.5. The normalized spacial score (nSPS) is 14.4. The molecule has 1 rings (SSSR count). The molecule has 0 aliphatic carbocycles. The van der Waals surface area contributed by atoms with Crippen LogP contribution in [0, 0.1) is 10.1 Å². The Kier molecular flexibility index (Phi) is 7.81. The lowest BCUT2D eigenvalue weighted by molar-refractivity contribution is -0.380. The molecule has 2 N–H and O–H groups in total. The van der Waals surface area contributed by atoms with Gasteiger partial charge in [0.15, 0.2) is 0 Å². The molecule has 1 aromatic heterocycles. The van der Waals surface area contributed by atoms with E-state index in [4.69, 9.17) is 10.0 Å². The molecule has 20 heavy (non-hydrogen) atoms. The zero-order valence-corrected chi connectivity index (χ0v) is 15.3. The van der Waals surface area contributed by atoms with Crippen LogP contribution in [0.1, 0.15) is 4.88 Å². The van der Waals surface area contributed by atoms with Crippen molar-refractivity contribution >= 4 is 55.9 Å². The molecule has 0 aliphatic heterocycles. The van der Waals surface area contributed by atoms with Gasteiger partial charge in [0, 0.05) is 34.7 Å². The van der Waals surface area contributed by atoms with Crippen molar-refractivity contribution in [1.29, 1.82) is 0 Å². The minimum absolute atomic E-state index is 0.00659. The van der Waals surface area contributed by atoms with Gasteiger partial charge in [-0.25, -0.2) is 10.2 Å². The summed E-state index contributed by atoms with van der Waals surface area (Å²) in [5, 5.41) is 11.8. The minimum Gasteiger partial charge on any atom is -0.300 e. The van der Waals surface area contributed by atoms with Crippen LogP contribution in [-0.4, -0.2) is 33.3 Å². The van der Waals surface area contributed by atoms with Gasteiger partial charge in [0.1, 0.15) is 0 Å². The Labute approximate surface area is 137 Å². The maximum Gasteiger partial charge on any atom is 0.341 e. The number of nitrogens with zero attached hydrogens (tertiary/aromatic N) is 2. The molecule has 0 saturated heterocycles. The zero-order valence-electron chi connectivity index (χ0n) is 10.4. The van der Waals surface area contributed by atoms with Gasteiger partial charge < -0.3 is 4.52 Å². The fraction of sp³-hybridized carbons (Fsp3) is 0.556. The molecule has 0 spiro atoms. The van der Waals surface area contributed by atoms with E-state index in [1.165, 1.54) is 6.07 Å². The second kappa shape index (κ2) is 8.57. The molecule has 7 nitrogen and oxygen atoms in total. The molecule has 0 saturated carbocycles. The first-order valence-electron chi connectivity index (χ1n) is 5.54. The van der Waals surface area contributed by atoms with Crippen molar-refractivity contribution in [2.45, 2.75) is 6.61 Å². The van der Waals surface area contributed by atoms with Gasteiger partial charge in [-0.1, -0.05) is 43.2 Å². The van der Waals surface area contributed by atoms with Crippen LogP contribution in [0.15, 0.2) is 12.1 Å². The van der Waals surface area contributed by atoms with Gasteiger partial charge in [0.05, 0.1) is 11.5 Å². The molecule has 0 radical (unpaired) electrons. The third kappa shape index (κ3) is 5.51. The van der Waals surface area contributed by atoms with Crippen LogP contribution < -0.4 is 5.50 Å². The molecule has 0 unspecified atom stereocenters. The van der Waals surface area contributed by atoms with Crippen LogP contribution in [0.2, 0.25) is 0 Å². The molecule has 0 aliphatic rings. The lowest BCUT2D eigenvalue weighted by Crippen LogP contribution is -2.29. The van der Waals surface area contributed by atoms with Crippen LogP contribution in [0.3, 0.4) is 0 Å². The van der Waals surface area contributed by atoms with E-state index in [2.05, 4.69) is 31.9 Å². The summed E-state index contributed by atoms with van der Waals surface area (Å²) in [7, 11) is -3.41. The number of hydrogen-bond acceptors (Lipinski definition) is 5. The fourth-order valence-corrected chi connectivity index (χ4v) is 4.84. The van der Waals surface area contributed by atoms with Crippen molar-refractivity contribution in [2.75, 3.05) is 23.7 Å². The lowest BCUT2D eigenvalue weighted by Gasteiger charge is -2.26. The summed E-state index contributed by atoms with van der Waals surface area (Å²) in [4.78, 5) is 10.7. The minimum atomic E-state index is -3.41. The van der Waals surface area contributed by atoms with Gasteiger partial charge >= 0.3 is 12.7 Å². The topological polar surface area (TPSA) is 98.7 Å². The van der Waals surface area contributed by atoms with Crippen LogP contribution in [0.25, 0.3) is 0 Å². The second-order valence-corrected chi connectivity index (χ2v) is 8.35. The Morgan fingerprint density at radius 2 is 2.00 bits per heavy atom. The maximum atomic E-state index is 12.3. The highest BCUT2D eigenvalue weighted by Crippen LogP contribution is 2.43. The number of halogens is 2. The van der Waals surface area contributed by atoms with Gasteiger partial charge in [-0.2, -0.15) is 0 Å². The number of nitrogens with two attached hydrogens (primary N) is 1. The molecule has 114 valence electrons. The van der Waals surface area contributed by atoms with Crippen LogP contribution in [0.5, 0.6) is 0 Å². The second-order valence-electron chi connectivity index (χ2n) is 3.67. The molecular formula is C9H14Br2N3O4PS. The van der Waals surface area contributed by atoms with Crippen LogP contribution in [-0.2, 0) is 15.7 Å². The Morgan fingerprint density at radius 3 is 2.45 bits per heavy atom. The Balaban J connectivity index is 2.64. The SMILES string of the molecule is N[P@](=O)(OCc1ccc([N+](=O)[O-])s1)N(CCBr)CCBr. The van der Waals surface area contributed by atoms with Crippen molar-refractivity contribution in [3.63, 3.8) is 0 Å². The Hall–Kier alpha value is 0.170. The number of rotatable bonds is 9. The average Bonchev–Trinajstić information content (AvgIpc) is 2.85. The summed E-state index contributed by atoms with van der Waals surface area (Å²) in [6.45, 7) is 0.973. The van der Waals surface area contributed by atoms with E-state index >= 15 is 0 Å². The highest BCUT2D eigenvalue weighted by atomic mass is 79.9. The maximum absolute atomic E-state index is 12.3. The summed E-state index contributed by atoms with van der Waals surface area (Å²) < 4.78 is 19.2. The van der Waals surface area contributed by atoms with Crippen molar-refractivity contribution in [3.8, 4) is 0 Å². The molecule has 0 amide bonds. The molecule has 1 atom stereocenters. The van der Waals surface area contributed by atoms with Crippen molar-refractivity contribution in [1.82, 2.24) is 4.67 Å². The van der Waals surface area contributed by atoms with E-state index in [0.29, 0.717) is 28.6 Å². The summed E-state index contributed by atoms with van der Waals surface area (Å²) >= 11 is 7.51. The van der Waals surface area contributed by atoms with E-state index in [1.54, 1.807) is 10.7 Å². The first-order chi connectivity index (χ1) is 9.40. The monoisotopic (exact) mass is 449 g/mol. The van der Waals surface area contributed by atoms with Gasteiger partial charge in [-0.15, -0.1) is 0 Å². The third-order valence-electron chi connectivity index (χ3n) is 2.30. The van der Waals surface area contributed by atoms with E-state index in [1.807, 2.05) is 0 Å². The smallest absolute Gasteiger partial charge is 0.300 e. The largest absolute Gasteiger partial charge is 0.341 e. The number of hydrogen-bond donors (Lipinski definition) is 1. The molecule has 11 heteroatoms. The quantitative estimate of drug-likeness (QED) is 0.268. The summed E-state index contributed by atoms with van der Waals surface area (Å²) in [6, 6.07) is 2.96.